The molecule has 0 aliphatic rings. The van der Waals surface area contributed by atoms with Crippen molar-refractivity contribution in [2.75, 3.05) is 0 Å². The lowest BCUT2D eigenvalue weighted by Gasteiger charge is -2.15. The molecule has 15 heteroatoms. The zero-order chi connectivity index (χ0) is 97.6. The van der Waals surface area contributed by atoms with Gasteiger partial charge in [-0.05, 0) is 161 Å². The molecule has 0 radical (unpaired) electrons. The van der Waals surface area contributed by atoms with Crippen LogP contribution in [0.3, 0.4) is 0 Å². The Bertz CT molecular complexity index is 10300. The van der Waals surface area contributed by atoms with Crippen LogP contribution in [0.1, 0.15) is 0 Å². The Morgan fingerprint density at radius 1 is 0.149 bits per heavy atom. The number of hydrogen-bond donors (Lipinski definition) is 0. The first-order valence-corrected chi connectivity index (χ1v) is 50.2. The van der Waals surface area contributed by atoms with E-state index >= 15 is 0 Å². The molecule has 0 fully saturated rings. The summed E-state index contributed by atoms with van der Waals surface area (Å²) in [6.45, 7) is 0. The van der Waals surface area contributed by atoms with Gasteiger partial charge >= 0.3 is 0 Å². The van der Waals surface area contributed by atoms with Crippen LogP contribution in [0.5, 0.6) is 0 Å². The van der Waals surface area contributed by atoms with Crippen molar-refractivity contribution in [2.45, 2.75) is 0 Å². The molecule has 0 spiro atoms. The van der Waals surface area contributed by atoms with Gasteiger partial charge in [0.15, 0.2) is 52.4 Å². The number of rotatable bonds is 14. The highest BCUT2D eigenvalue weighted by Gasteiger charge is 2.26. The van der Waals surface area contributed by atoms with E-state index in [1.54, 1.807) is 0 Å². The van der Waals surface area contributed by atoms with Gasteiger partial charge in [-0.1, -0.05) is 352 Å². The lowest BCUT2D eigenvalue weighted by molar-refractivity contribution is 0.669. The van der Waals surface area contributed by atoms with Crippen LogP contribution in [0, 0.1) is 0 Å². The lowest BCUT2D eigenvalue weighted by Crippen LogP contribution is -2.01. The molecule has 0 aliphatic heterocycles. The number of aromatic nitrogens is 12. The average molecular weight is 1910 g/mol. The molecule has 0 atom stereocenters. The first-order valence-electron chi connectivity index (χ1n) is 49.4. The van der Waals surface area contributed by atoms with Crippen LogP contribution in [-0.4, -0.2) is 58.6 Å². The molecule has 0 unspecified atom stereocenters. The zero-order valence-electron chi connectivity index (χ0n) is 79.4. The number of fused-ring (bicyclic) bond motifs is 19. The molecule has 14 nitrogen and oxygen atoms in total. The van der Waals surface area contributed by atoms with Crippen molar-refractivity contribution >= 4 is 152 Å². The lowest BCUT2D eigenvalue weighted by atomic mass is 10.0. The summed E-state index contributed by atoms with van der Waals surface area (Å²) < 4.78 is 22.4. The van der Waals surface area contributed by atoms with Crippen LogP contribution < -0.4 is 0 Å². The minimum absolute atomic E-state index is 0.624. The molecule has 0 saturated heterocycles. The van der Waals surface area contributed by atoms with Crippen LogP contribution in [-0.2, 0) is 0 Å². The van der Waals surface area contributed by atoms with Gasteiger partial charge in [0.2, 0.25) is 0 Å². The van der Waals surface area contributed by atoms with E-state index in [0.29, 0.717) is 52.4 Å². The minimum Gasteiger partial charge on any atom is -0.456 e. The molecule has 0 amide bonds. The fourth-order valence-corrected chi connectivity index (χ4v) is 22.2. The molecule has 21 aromatic carbocycles. The highest BCUT2D eigenvalue weighted by molar-refractivity contribution is 7.25. The van der Waals surface area contributed by atoms with Gasteiger partial charge in [-0.25, -0.2) is 44.9 Å². The summed E-state index contributed by atoms with van der Waals surface area (Å²) in [5, 5.41) is 16.6. The number of hydrogen-bond acceptors (Lipinski definition) is 12. The maximum atomic E-state index is 6.37. The number of furan rings is 2. The Morgan fingerprint density at radius 2 is 0.432 bits per heavy atom. The molecule has 692 valence electrons. The van der Waals surface area contributed by atoms with Gasteiger partial charge in [-0.2, -0.15) is 0 Å². The predicted octanol–water partition coefficient (Wildman–Crippen LogP) is 34.6. The summed E-state index contributed by atoms with van der Waals surface area (Å²) in [6, 6.07) is 173. The van der Waals surface area contributed by atoms with Gasteiger partial charge in [0, 0.05) is 153 Å². The Labute approximate surface area is 852 Å². The number of benzene rings is 21. The molecule has 9 aromatic heterocycles. The van der Waals surface area contributed by atoms with Gasteiger partial charge in [0.1, 0.15) is 22.3 Å². The summed E-state index contributed by atoms with van der Waals surface area (Å²) in [7, 11) is 0. The van der Waals surface area contributed by atoms with Gasteiger partial charge in [0.25, 0.3) is 0 Å². The quantitative estimate of drug-likeness (QED) is 0.102. The van der Waals surface area contributed by atoms with Crippen molar-refractivity contribution in [2.24, 2.45) is 0 Å². The molecule has 0 N–H and O–H groups in total. The summed E-state index contributed by atoms with van der Waals surface area (Å²) in [6.07, 6.45) is 0. The first kappa shape index (κ1) is 86.1. The third-order valence-electron chi connectivity index (χ3n) is 28.2. The van der Waals surface area contributed by atoms with Gasteiger partial charge < -0.3 is 22.5 Å². The molecule has 148 heavy (non-hydrogen) atoms. The Hall–Kier alpha value is -19.9. The predicted molar refractivity (Wildman–Crippen MR) is 607 cm³/mol. The molecule has 0 saturated carbocycles. The highest BCUT2D eigenvalue weighted by Crippen LogP contribution is 2.46. The maximum Gasteiger partial charge on any atom is 0.164 e. The molecule has 30 rings (SSSR count). The van der Waals surface area contributed by atoms with E-state index in [0.717, 1.165) is 149 Å². The third-order valence-corrected chi connectivity index (χ3v) is 29.3. The standard InChI is InChI=1S/C45H28N4O.C45H28N4S.C43H26N4O/c1-3-11-29(12-4-1)30-19-21-32(22-20-30)44-46-43(31-13-5-2-6-14-31)47-45(48-44)33-23-25-34(26-24-33)49-39-17-9-7-15-35(39)37-27-38-36-16-8-10-18-41(36)50-42(38)28-40(37)49;1-3-11-29(12-4-1)43-46-44(30-13-5-2-6-14-30)48-45(47-43)31-19-23-34(24-20-31)49-39-17-9-7-15-35(39)37-27-32(21-25-40(37)49)33-22-26-42-38(28-33)36-16-8-10-18-41(36)50-42;1-3-13-27(14-4-1)41-44-42(28-15-5-2-6-16-28)46-43(45-41)33-23-24-37(30-18-8-7-17-29(30)33)47-36-21-11-9-19-31(36)34-25-35-32-20-10-12-22-39(32)48-40(35)26-38(34)47/h2*1-28H;1-26H. The fourth-order valence-electron chi connectivity index (χ4n) is 21.1. The van der Waals surface area contributed by atoms with E-state index in [2.05, 4.69) is 329 Å². The van der Waals surface area contributed by atoms with Crippen molar-refractivity contribution in [3.63, 3.8) is 0 Å². The first-order chi connectivity index (χ1) is 73.3. The van der Waals surface area contributed by atoms with E-state index in [-0.39, 0.29) is 0 Å². The SMILES string of the molecule is c1ccc(-c2ccc(-c3nc(-c4ccccc4)nc(-c4ccc(-n5c6ccccc6c6cc7c(cc65)oc5ccccc57)cc4)n3)cc2)cc1.c1ccc(-c2nc(-c3ccccc3)nc(-c3ccc(-n4c5ccccc5c5cc(-c6ccc7sc8ccccc8c7c6)ccc54)cc3)n2)cc1.c1ccc(-c2nc(-c3ccccc3)nc(-c3ccc(-n4c5ccccc5c5cc6c(cc54)oc4ccccc46)c4ccccc34)n2)cc1. The Balaban J connectivity index is 0.000000107. The van der Waals surface area contributed by atoms with Crippen LogP contribution in [0.25, 0.3) is 282 Å². The van der Waals surface area contributed by atoms with Gasteiger partial charge in [0.05, 0.1) is 38.8 Å². The smallest absolute Gasteiger partial charge is 0.164 e. The molecule has 0 bridgehead atoms. The normalized spacial score (nSPS) is 11.6. The number of nitrogens with zero attached hydrogens (tertiary/aromatic N) is 12. The van der Waals surface area contributed by atoms with Crippen LogP contribution in [0.15, 0.2) is 506 Å². The van der Waals surface area contributed by atoms with E-state index < -0.39 is 0 Å². The van der Waals surface area contributed by atoms with Crippen molar-refractivity contribution in [1.29, 1.82) is 0 Å². The Morgan fingerprint density at radius 3 is 0.872 bits per heavy atom. The minimum atomic E-state index is 0.624. The van der Waals surface area contributed by atoms with E-state index in [4.69, 9.17) is 53.7 Å². The largest absolute Gasteiger partial charge is 0.456 e. The average Bonchev–Trinajstić information content (AvgIpc) is 1.57. The van der Waals surface area contributed by atoms with Gasteiger partial charge in [-0.3, -0.25) is 0 Å². The molecule has 9 heterocycles. The van der Waals surface area contributed by atoms with Gasteiger partial charge in [-0.15, -0.1) is 11.3 Å². The molecule has 30 aromatic rings. The number of thiophene rings is 1. The second-order valence-corrected chi connectivity index (χ2v) is 38.1. The van der Waals surface area contributed by atoms with Crippen molar-refractivity contribution in [3.05, 3.63) is 497 Å². The monoisotopic (exact) mass is 1910 g/mol. The van der Waals surface area contributed by atoms with Crippen molar-refractivity contribution < 1.29 is 8.83 Å². The molecular formula is C133H82N12O2S. The second kappa shape index (κ2) is 36.3. The van der Waals surface area contributed by atoms with Crippen molar-refractivity contribution in [1.82, 2.24) is 58.6 Å². The number of para-hydroxylation sites is 5. The van der Waals surface area contributed by atoms with E-state index in [9.17, 15) is 0 Å². The van der Waals surface area contributed by atoms with Crippen LogP contribution in [0.4, 0.5) is 0 Å². The van der Waals surface area contributed by atoms with Crippen molar-refractivity contribution in [3.8, 4) is 142 Å². The van der Waals surface area contributed by atoms with E-state index in [1.807, 2.05) is 193 Å². The second-order valence-electron chi connectivity index (χ2n) is 37.0. The topological polar surface area (TPSA) is 157 Å². The fraction of sp³-hybridized carbons (Fsp3) is 0. The summed E-state index contributed by atoms with van der Waals surface area (Å²) in [4.78, 5) is 44.7. The molecule has 0 aliphatic carbocycles. The van der Waals surface area contributed by atoms with E-state index in [1.165, 1.54) is 80.2 Å². The zero-order valence-corrected chi connectivity index (χ0v) is 80.3. The summed E-state index contributed by atoms with van der Waals surface area (Å²) in [5.41, 5.74) is 26.8. The summed E-state index contributed by atoms with van der Waals surface area (Å²) >= 11 is 1.86. The van der Waals surface area contributed by atoms with Crippen LogP contribution in [0.2, 0.25) is 0 Å². The summed E-state index contributed by atoms with van der Waals surface area (Å²) in [5.74, 6) is 5.77. The van der Waals surface area contributed by atoms with Crippen LogP contribution >= 0.6 is 11.3 Å². The molecular weight excluding hydrogens is 1830 g/mol. The highest BCUT2D eigenvalue weighted by atomic mass is 32.1. The Kier molecular flexibility index (Phi) is 21.1. The maximum absolute atomic E-state index is 6.37. The third kappa shape index (κ3) is 15.4.